The van der Waals surface area contributed by atoms with Crippen LogP contribution in [0.25, 0.3) is 21.8 Å². The third-order valence-corrected chi connectivity index (χ3v) is 3.62. The lowest BCUT2D eigenvalue weighted by atomic mass is 10.0. The van der Waals surface area contributed by atoms with Crippen LogP contribution in [0, 0.1) is 27.7 Å². The minimum Gasteiger partial charge on any atom is -0.354 e. The summed E-state index contributed by atoms with van der Waals surface area (Å²) in [4.78, 5) is 3.58. The molecule has 0 aliphatic carbocycles. The summed E-state index contributed by atoms with van der Waals surface area (Å²) < 4.78 is 0. The fraction of sp³-hybridized carbons (Fsp3) is 0.250. The number of hydrogen-bond acceptors (Lipinski definition) is 0. The molecule has 0 spiro atoms. The Kier molecular flexibility index (Phi) is 2.06. The third-order valence-electron chi connectivity index (χ3n) is 3.62. The maximum absolute atomic E-state index is 3.58. The lowest BCUT2D eigenvalue weighted by Crippen LogP contribution is -1.80. The lowest BCUT2D eigenvalue weighted by molar-refractivity contribution is 1.38. The van der Waals surface area contributed by atoms with E-state index < -0.39 is 0 Å². The van der Waals surface area contributed by atoms with E-state index in [-0.39, 0.29) is 0 Å². The summed E-state index contributed by atoms with van der Waals surface area (Å²) in [5, 5.41) is 2.74. The van der Waals surface area contributed by atoms with Gasteiger partial charge in [0.25, 0.3) is 0 Å². The second-order valence-electron chi connectivity index (χ2n) is 5.08. The second kappa shape index (κ2) is 3.36. The Balaban J connectivity index is 2.65. The predicted molar refractivity (Wildman–Crippen MR) is 74.8 cm³/mol. The summed E-state index contributed by atoms with van der Waals surface area (Å²) in [5.74, 6) is 0. The van der Waals surface area contributed by atoms with Crippen molar-refractivity contribution >= 4 is 21.8 Å². The monoisotopic (exact) mass is 223 g/mol. The summed E-state index contributed by atoms with van der Waals surface area (Å²) >= 11 is 0. The Morgan fingerprint density at radius 2 is 1.47 bits per heavy atom. The molecule has 0 unspecified atom stereocenters. The molecular weight excluding hydrogens is 206 g/mol. The van der Waals surface area contributed by atoms with Crippen molar-refractivity contribution < 1.29 is 0 Å². The molecule has 0 atom stereocenters. The Hall–Kier alpha value is -1.76. The first-order chi connectivity index (χ1) is 8.08. The van der Waals surface area contributed by atoms with Gasteiger partial charge >= 0.3 is 0 Å². The lowest BCUT2D eigenvalue weighted by Gasteiger charge is -2.01. The molecule has 0 bridgehead atoms. The van der Waals surface area contributed by atoms with Crippen molar-refractivity contribution in [2.45, 2.75) is 27.7 Å². The average molecular weight is 223 g/mol. The van der Waals surface area contributed by atoms with Gasteiger partial charge in [-0.25, -0.2) is 0 Å². The van der Waals surface area contributed by atoms with Gasteiger partial charge in [0.2, 0.25) is 0 Å². The Morgan fingerprint density at radius 1 is 0.765 bits per heavy atom. The summed E-state index contributed by atoms with van der Waals surface area (Å²) in [7, 11) is 0. The van der Waals surface area contributed by atoms with Crippen LogP contribution in [0.1, 0.15) is 22.3 Å². The molecule has 1 heterocycles. The van der Waals surface area contributed by atoms with Gasteiger partial charge in [0.15, 0.2) is 0 Å². The van der Waals surface area contributed by atoms with Crippen molar-refractivity contribution in [3.8, 4) is 0 Å². The highest BCUT2D eigenvalue weighted by molar-refractivity contribution is 6.10. The Bertz CT molecular complexity index is 732. The molecule has 3 aromatic rings. The maximum atomic E-state index is 3.58. The number of H-pyrrole nitrogens is 1. The Morgan fingerprint density at radius 3 is 2.24 bits per heavy atom. The second-order valence-corrected chi connectivity index (χ2v) is 5.08. The van der Waals surface area contributed by atoms with Gasteiger partial charge in [0.1, 0.15) is 0 Å². The molecule has 3 rings (SSSR count). The highest BCUT2D eigenvalue weighted by atomic mass is 14.7. The Labute approximate surface area is 101 Å². The predicted octanol–water partition coefficient (Wildman–Crippen LogP) is 4.55. The molecule has 1 nitrogen and oxygen atoms in total. The van der Waals surface area contributed by atoms with Crippen LogP contribution in [-0.2, 0) is 0 Å². The number of benzene rings is 2. The number of rotatable bonds is 0. The quantitative estimate of drug-likeness (QED) is 0.575. The normalized spacial score (nSPS) is 11.5. The van der Waals surface area contributed by atoms with Crippen LogP contribution >= 0.6 is 0 Å². The van der Waals surface area contributed by atoms with E-state index in [4.69, 9.17) is 0 Å². The first-order valence-electron chi connectivity index (χ1n) is 6.07. The molecule has 17 heavy (non-hydrogen) atoms. The van der Waals surface area contributed by atoms with Crippen LogP contribution in [0.15, 0.2) is 24.3 Å². The van der Waals surface area contributed by atoms with Gasteiger partial charge in [-0.1, -0.05) is 23.8 Å². The molecule has 1 N–H and O–H groups in total. The molecule has 0 amide bonds. The number of nitrogens with one attached hydrogen (secondary N) is 1. The minimum atomic E-state index is 1.28. The molecule has 86 valence electrons. The van der Waals surface area contributed by atoms with Crippen LogP contribution in [0.4, 0.5) is 0 Å². The van der Waals surface area contributed by atoms with E-state index in [9.17, 15) is 0 Å². The van der Waals surface area contributed by atoms with E-state index in [0.717, 1.165) is 0 Å². The number of aromatic nitrogens is 1. The van der Waals surface area contributed by atoms with Crippen LogP contribution in [-0.4, -0.2) is 4.98 Å². The van der Waals surface area contributed by atoms with Crippen molar-refractivity contribution in [3.05, 3.63) is 46.5 Å². The van der Waals surface area contributed by atoms with E-state index >= 15 is 0 Å². The highest BCUT2D eigenvalue weighted by Crippen LogP contribution is 2.32. The topological polar surface area (TPSA) is 15.8 Å². The van der Waals surface area contributed by atoms with Crippen molar-refractivity contribution in [1.82, 2.24) is 4.98 Å². The van der Waals surface area contributed by atoms with Gasteiger partial charge in [0.05, 0.1) is 0 Å². The van der Waals surface area contributed by atoms with E-state index in [2.05, 4.69) is 56.9 Å². The number of fused-ring (bicyclic) bond motifs is 3. The number of aromatic amines is 1. The smallest absolute Gasteiger partial charge is 0.0497 e. The van der Waals surface area contributed by atoms with Gasteiger partial charge in [0, 0.05) is 21.8 Å². The van der Waals surface area contributed by atoms with Crippen LogP contribution in [0.5, 0.6) is 0 Å². The molecule has 0 fully saturated rings. The minimum absolute atomic E-state index is 1.28. The van der Waals surface area contributed by atoms with E-state index in [0.29, 0.717) is 0 Å². The molecule has 0 saturated heterocycles. The molecule has 0 saturated carbocycles. The fourth-order valence-corrected chi connectivity index (χ4v) is 2.77. The first kappa shape index (κ1) is 10.4. The van der Waals surface area contributed by atoms with Crippen molar-refractivity contribution in [3.63, 3.8) is 0 Å². The molecule has 1 heteroatoms. The molecule has 0 aliphatic rings. The molecular formula is C16H17N. The van der Waals surface area contributed by atoms with Crippen LogP contribution < -0.4 is 0 Å². The molecule has 2 aromatic carbocycles. The summed E-state index contributed by atoms with van der Waals surface area (Å²) in [5.41, 5.74) is 7.89. The summed E-state index contributed by atoms with van der Waals surface area (Å²) in [6.07, 6.45) is 0. The van der Waals surface area contributed by atoms with E-state index in [1.54, 1.807) is 0 Å². The van der Waals surface area contributed by atoms with Gasteiger partial charge in [-0.2, -0.15) is 0 Å². The van der Waals surface area contributed by atoms with Crippen LogP contribution in [0.3, 0.4) is 0 Å². The SMILES string of the molecule is Cc1cc(C)c2[nH]c3c(C)ccc(C)c3c2c1. The van der Waals surface area contributed by atoms with Gasteiger partial charge in [-0.15, -0.1) is 0 Å². The highest BCUT2D eigenvalue weighted by Gasteiger charge is 2.10. The van der Waals surface area contributed by atoms with E-state index in [1.165, 1.54) is 44.1 Å². The average Bonchev–Trinajstić information content (AvgIpc) is 2.64. The summed E-state index contributed by atoms with van der Waals surface area (Å²) in [6, 6.07) is 8.92. The zero-order valence-corrected chi connectivity index (χ0v) is 10.8. The van der Waals surface area contributed by atoms with Gasteiger partial charge < -0.3 is 4.98 Å². The van der Waals surface area contributed by atoms with Gasteiger partial charge in [-0.3, -0.25) is 0 Å². The van der Waals surface area contributed by atoms with Crippen molar-refractivity contribution in [2.75, 3.05) is 0 Å². The fourth-order valence-electron chi connectivity index (χ4n) is 2.77. The summed E-state index contributed by atoms with van der Waals surface area (Å²) in [6.45, 7) is 8.69. The van der Waals surface area contributed by atoms with Crippen molar-refractivity contribution in [2.24, 2.45) is 0 Å². The third kappa shape index (κ3) is 1.39. The maximum Gasteiger partial charge on any atom is 0.0497 e. The largest absolute Gasteiger partial charge is 0.354 e. The zero-order chi connectivity index (χ0) is 12.2. The number of hydrogen-bond donors (Lipinski definition) is 1. The molecule has 0 aliphatic heterocycles. The first-order valence-corrected chi connectivity index (χ1v) is 6.07. The molecule has 0 radical (unpaired) electrons. The van der Waals surface area contributed by atoms with Crippen molar-refractivity contribution in [1.29, 1.82) is 0 Å². The van der Waals surface area contributed by atoms with E-state index in [1.807, 2.05) is 0 Å². The molecule has 1 aromatic heterocycles. The van der Waals surface area contributed by atoms with Gasteiger partial charge in [-0.05, 0) is 50.5 Å². The number of aryl methyl sites for hydroxylation is 4. The standard InChI is InChI=1S/C16H17N/c1-9-7-12(4)15-13(8-9)14-10(2)5-6-11(3)16(14)17-15/h5-8,17H,1-4H3. The van der Waals surface area contributed by atoms with Crippen LogP contribution in [0.2, 0.25) is 0 Å². The zero-order valence-electron chi connectivity index (χ0n) is 10.8.